The number of aryl methyl sites for hydroxylation is 1. The SMILES string of the molecule is COC(=O)c1c(O)cc(=O)n2c1CCN(C(=O)c1cnc3cnn(C)c3c1)CC2.O=CO. The first-order valence-corrected chi connectivity index (χ1v) is 9.51. The first-order valence-electron chi connectivity index (χ1n) is 9.51. The summed E-state index contributed by atoms with van der Waals surface area (Å²) in [6.45, 7) is 0.501. The highest BCUT2D eigenvalue weighted by atomic mass is 16.5. The number of fused-ring (bicyclic) bond motifs is 2. The van der Waals surface area contributed by atoms with E-state index in [0.717, 1.165) is 11.6 Å². The van der Waals surface area contributed by atoms with Gasteiger partial charge in [-0.2, -0.15) is 5.10 Å². The topological polar surface area (TPSA) is 157 Å². The maximum absolute atomic E-state index is 13.0. The number of hydrogen-bond acceptors (Lipinski definition) is 8. The van der Waals surface area contributed by atoms with Gasteiger partial charge in [-0.15, -0.1) is 0 Å². The van der Waals surface area contributed by atoms with Gasteiger partial charge in [0.05, 0.1) is 24.4 Å². The number of aromatic hydroxyl groups is 1. The Morgan fingerprint density at radius 3 is 2.59 bits per heavy atom. The van der Waals surface area contributed by atoms with Crippen LogP contribution in [0.3, 0.4) is 0 Å². The Morgan fingerprint density at radius 1 is 1.19 bits per heavy atom. The van der Waals surface area contributed by atoms with Crippen LogP contribution in [0.1, 0.15) is 26.4 Å². The lowest BCUT2D eigenvalue weighted by Crippen LogP contribution is -2.34. The molecule has 0 saturated heterocycles. The summed E-state index contributed by atoms with van der Waals surface area (Å²) in [7, 11) is 2.98. The van der Waals surface area contributed by atoms with Crippen molar-refractivity contribution >= 4 is 29.4 Å². The minimum atomic E-state index is -0.725. The van der Waals surface area contributed by atoms with Crippen molar-refractivity contribution in [3.05, 3.63) is 51.7 Å². The number of carboxylic acid groups (broad SMARTS) is 1. The van der Waals surface area contributed by atoms with Crippen molar-refractivity contribution in [1.29, 1.82) is 0 Å². The number of carbonyl (C=O) groups excluding carboxylic acids is 2. The number of amides is 1. The molecule has 1 aliphatic rings. The van der Waals surface area contributed by atoms with Crippen molar-refractivity contribution in [1.82, 2.24) is 24.2 Å². The Morgan fingerprint density at radius 2 is 1.91 bits per heavy atom. The fraction of sp³-hybridized carbons (Fsp3) is 0.300. The van der Waals surface area contributed by atoms with Crippen LogP contribution in [0.4, 0.5) is 0 Å². The van der Waals surface area contributed by atoms with E-state index >= 15 is 0 Å². The van der Waals surface area contributed by atoms with Gasteiger partial charge in [0.1, 0.15) is 16.8 Å². The minimum Gasteiger partial charge on any atom is -0.507 e. The molecule has 168 valence electrons. The van der Waals surface area contributed by atoms with Gasteiger partial charge in [0, 0.05) is 51.1 Å². The second-order valence-electron chi connectivity index (χ2n) is 6.88. The standard InChI is InChI=1S/C19H19N5O5.CH2O2/c1-22-14-7-11(9-20-12(14)10-21-22)18(27)23-4-3-13-17(19(28)29-2)15(25)8-16(26)24(13)6-5-23;2-1-3/h7-10,25H,3-6H2,1-2H3;1H,(H,2,3). The molecule has 1 amide bonds. The van der Waals surface area contributed by atoms with E-state index < -0.39 is 17.3 Å². The van der Waals surface area contributed by atoms with Crippen molar-refractivity contribution in [2.45, 2.75) is 13.0 Å². The van der Waals surface area contributed by atoms with Gasteiger partial charge in [-0.05, 0) is 6.07 Å². The second-order valence-corrected chi connectivity index (χ2v) is 6.88. The van der Waals surface area contributed by atoms with Crippen LogP contribution in [-0.2, 0) is 29.5 Å². The molecule has 32 heavy (non-hydrogen) atoms. The molecule has 0 atom stereocenters. The molecule has 0 spiro atoms. The van der Waals surface area contributed by atoms with E-state index in [1.807, 2.05) is 0 Å². The predicted octanol–water partition coefficient (Wildman–Crippen LogP) is 0.0215. The number of esters is 1. The molecule has 0 saturated carbocycles. The Balaban J connectivity index is 0.000000913. The summed E-state index contributed by atoms with van der Waals surface area (Å²) in [5, 5.41) is 21.1. The number of ether oxygens (including phenoxy) is 1. The van der Waals surface area contributed by atoms with E-state index in [1.165, 1.54) is 17.9 Å². The number of nitrogens with zero attached hydrogens (tertiary/aromatic N) is 5. The minimum absolute atomic E-state index is 0.0423. The highest BCUT2D eigenvalue weighted by Crippen LogP contribution is 2.23. The number of aromatic nitrogens is 4. The van der Waals surface area contributed by atoms with Crippen molar-refractivity contribution in [2.24, 2.45) is 7.05 Å². The zero-order valence-electron chi connectivity index (χ0n) is 17.4. The molecule has 1 aliphatic heterocycles. The highest BCUT2D eigenvalue weighted by molar-refractivity contribution is 5.97. The molecule has 3 aromatic rings. The lowest BCUT2D eigenvalue weighted by molar-refractivity contribution is -0.122. The largest absolute Gasteiger partial charge is 0.507 e. The first-order chi connectivity index (χ1) is 15.3. The smallest absolute Gasteiger partial charge is 0.343 e. The van der Waals surface area contributed by atoms with Gasteiger partial charge in [-0.3, -0.25) is 24.0 Å². The Labute approximate surface area is 181 Å². The molecule has 4 rings (SSSR count). The van der Waals surface area contributed by atoms with Crippen LogP contribution in [0.25, 0.3) is 11.0 Å². The van der Waals surface area contributed by atoms with Crippen molar-refractivity contribution in [2.75, 3.05) is 20.2 Å². The molecular formula is C20H21N5O7. The number of pyridine rings is 2. The Kier molecular flexibility index (Phi) is 6.52. The van der Waals surface area contributed by atoms with Gasteiger partial charge in [-0.25, -0.2) is 4.79 Å². The molecule has 2 N–H and O–H groups in total. The van der Waals surface area contributed by atoms with Gasteiger partial charge in [0.2, 0.25) is 0 Å². The fourth-order valence-corrected chi connectivity index (χ4v) is 3.61. The molecule has 12 nitrogen and oxygen atoms in total. The average molecular weight is 443 g/mol. The van der Waals surface area contributed by atoms with Crippen LogP contribution in [0, 0.1) is 0 Å². The molecule has 0 aliphatic carbocycles. The highest BCUT2D eigenvalue weighted by Gasteiger charge is 2.27. The van der Waals surface area contributed by atoms with Crippen molar-refractivity contribution < 1.29 is 29.3 Å². The van der Waals surface area contributed by atoms with Crippen LogP contribution in [0.15, 0.2) is 29.3 Å². The normalized spacial score (nSPS) is 12.9. The molecule has 0 aromatic carbocycles. The van der Waals surface area contributed by atoms with Gasteiger partial charge in [0.15, 0.2) is 0 Å². The molecule has 0 unspecified atom stereocenters. The van der Waals surface area contributed by atoms with Crippen LogP contribution < -0.4 is 5.56 Å². The van der Waals surface area contributed by atoms with E-state index in [1.54, 1.807) is 28.9 Å². The quantitative estimate of drug-likeness (QED) is 0.412. The summed E-state index contributed by atoms with van der Waals surface area (Å²) < 4.78 is 7.79. The fourth-order valence-electron chi connectivity index (χ4n) is 3.61. The van der Waals surface area contributed by atoms with E-state index in [4.69, 9.17) is 14.6 Å². The third-order valence-corrected chi connectivity index (χ3v) is 5.13. The maximum atomic E-state index is 13.0. The summed E-state index contributed by atoms with van der Waals surface area (Å²) in [5.74, 6) is -1.37. The van der Waals surface area contributed by atoms with E-state index in [0.29, 0.717) is 16.8 Å². The molecule has 4 heterocycles. The summed E-state index contributed by atoms with van der Waals surface area (Å²) in [6.07, 6.45) is 3.35. The van der Waals surface area contributed by atoms with E-state index in [9.17, 15) is 19.5 Å². The summed E-state index contributed by atoms with van der Waals surface area (Å²) in [5.41, 5.74) is 1.73. The lowest BCUT2D eigenvalue weighted by atomic mass is 10.1. The molecule has 12 heteroatoms. The third kappa shape index (κ3) is 4.15. The van der Waals surface area contributed by atoms with E-state index in [2.05, 4.69) is 10.1 Å². The van der Waals surface area contributed by atoms with Crippen LogP contribution >= 0.6 is 0 Å². The van der Waals surface area contributed by atoms with Crippen LogP contribution in [0.2, 0.25) is 0 Å². The predicted molar refractivity (Wildman–Crippen MR) is 111 cm³/mol. The first kappa shape index (κ1) is 22.5. The number of hydrogen-bond donors (Lipinski definition) is 2. The molecule has 0 fully saturated rings. The summed E-state index contributed by atoms with van der Waals surface area (Å²) in [4.78, 5) is 51.7. The number of carbonyl (C=O) groups is 3. The Hall–Kier alpha value is -4.22. The number of methoxy groups -OCH3 is 1. The molecule has 0 bridgehead atoms. The maximum Gasteiger partial charge on any atom is 0.343 e. The monoisotopic (exact) mass is 443 g/mol. The van der Waals surface area contributed by atoms with Crippen LogP contribution in [0.5, 0.6) is 5.75 Å². The summed E-state index contributed by atoms with van der Waals surface area (Å²) >= 11 is 0. The molecular weight excluding hydrogens is 422 g/mol. The zero-order chi connectivity index (χ0) is 23.4. The molecule has 0 radical (unpaired) electrons. The molecule has 3 aromatic heterocycles. The van der Waals surface area contributed by atoms with Crippen LogP contribution in [-0.4, -0.2) is 73.0 Å². The zero-order valence-corrected chi connectivity index (χ0v) is 17.4. The van der Waals surface area contributed by atoms with Gasteiger partial charge in [-0.1, -0.05) is 0 Å². The van der Waals surface area contributed by atoms with Gasteiger partial charge < -0.3 is 24.4 Å². The third-order valence-electron chi connectivity index (χ3n) is 5.13. The Bertz CT molecular complexity index is 1250. The van der Waals surface area contributed by atoms with Gasteiger partial charge >= 0.3 is 5.97 Å². The van der Waals surface area contributed by atoms with E-state index in [-0.39, 0.29) is 44.0 Å². The summed E-state index contributed by atoms with van der Waals surface area (Å²) in [6, 6.07) is 2.72. The van der Waals surface area contributed by atoms with Crippen molar-refractivity contribution in [3.8, 4) is 5.75 Å². The second kappa shape index (κ2) is 9.29. The lowest BCUT2D eigenvalue weighted by Gasteiger charge is -2.19. The van der Waals surface area contributed by atoms with Crippen molar-refractivity contribution in [3.63, 3.8) is 0 Å². The number of rotatable bonds is 2. The van der Waals surface area contributed by atoms with Gasteiger partial charge in [0.25, 0.3) is 17.9 Å². The average Bonchev–Trinajstić information content (AvgIpc) is 3.00.